The molecule has 0 spiro atoms. The van der Waals surface area contributed by atoms with Crippen molar-refractivity contribution in [3.8, 4) is 0 Å². The van der Waals surface area contributed by atoms with E-state index in [0.29, 0.717) is 0 Å². The smallest absolute Gasteiger partial charge is 0.398 e. The average molecular weight is 253 g/mol. The predicted octanol–water partition coefficient (Wildman–Crippen LogP) is 2.39. The molecule has 1 aromatic rings. The van der Waals surface area contributed by atoms with Crippen LogP contribution in [0.2, 0.25) is 0 Å². The molecule has 1 aliphatic rings. The molecule has 0 aromatic carbocycles. The summed E-state index contributed by atoms with van der Waals surface area (Å²) in [6.07, 6.45) is 2.15. The molecule has 1 aliphatic heterocycles. The highest BCUT2D eigenvalue weighted by Gasteiger charge is 2.52. The first-order valence-electron chi connectivity index (χ1n) is 6.15. The number of aromatic nitrogens is 1. The maximum atomic E-state index is 5.96. The first-order valence-corrected chi connectivity index (χ1v) is 7.03. The first-order chi connectivity index (χ1) is 7.86. The van der Waals surface area contributed by atoms with E-state index in [4.69, 9.17) is 9.31 Å². The number of hydrogen-bond acceptors (Lipinski definition) is 4. The molecule has 5 heteroatoms. The third-order valence-electron chi connectivity index (χ3n) is 3.53. The largest absolute Gasteiger partial charge is 0.515 e. The van der Waals surface area contributed by atoms with Gasteiger partial charge in [-0.1, -0.05) is 6.92 Å². The van der Waals surface area contributed by atoms with Gasteiger partial charge in [0.15, 0.2) is 0 Å². The molecule has 2 rings (SSSR count). The van der Waals surface area contributed by atoms with Crippen LogP contribution in [0.25, 0.3) is 0 Å². The zero-order chi connectivity index (χ0) is 12.7. The van der Waals surface area contributed by atoms with Gasteiger partial charge >= 0.3 is 7.12 Å². The topological polar surface area (TPSA) is 31.4 Å². The lowest BCUT2D eigenvalue weighted by molar-refractivity contribution is 0.00578. The zero-order valence-corrected chi connectivity index (χ0v) is 12.1. The molecule has 2 heterocycles. The van der Waals surface area contributed by atoms with Crippen molar-refractivity contribution in [2.45, 2.75) is 58.7 Å². The van der Waals surface area contributed by atoms with Crippen molar-refractivity contribution >= 4 is 24.0 Å². The van der Waals surface area contributed by atoms with E-state index in [0.717, 1.165) is 23.4 Å². The third kappa shape index (κ3) is 2.42. The summed E-state index contributed by atoms with van der Waals surface area (Å²) < 4.78 is 11.9. The molecule has 3 nitrogen and oxygen atoms in total. The average Bonchev–Trinajstić information content (AvgIpc) is 2.71. The molecule has 0 atom stereocenters. The fourth-order valence-corrected chi connectivity index (χ4v) is 2.63. The summed E-state index contributed by atoms with van der Waals surface area (Å²) in [5.74, 6) is 0. The van der Waals surface area contributed by atoms with Crippen molar-refractivity contribution in [1.29, 1.82) is 0 Å². The Kier molecular flexibility index (Phi) is 3.36. The van der Waals surface area contributed by atoms with Gasteiger partial charge in [-0.3, -0.25) is 4.98 Å². The maximum Gasteiger partial charge on any atom is 0.515 e. The summed E-state index contributed by atoms with van der Waals surface area (Å²) in [6.45, 7) is 10.4. The Morgan fingerprint density at radius 2 is 1.82 bits per heavy atom. The van der Waals surface area contributed by atoms with Crippen LogP contribution in [-0.2, 0) is 15.7 Å². The van der Waals surface area contributed by atoms with Gasteiger partial charge in [0.2, 0.25) is 0 Å². The highest BCUT2D eigenvalue weighted by molar-refractivity contribution is 7.10. The van der Waals surface area contributed by atoms with Crippen molar-refractivity contribution in [2.24, 2.45) is 0 Å². The summed E-state index contributed by atoms with van der Waals surface area (Å²) in [6, 6.07) is 0. The number of rotatable bonds is 3. The van der Waals surface area contributed by atoms with Gasteiger partial charge in [0.05, 0.1) is 21.8 Å². The van der Waals surface area contributed by atoms with Crippen LogP contribution in [0.15, 0.2) is 5.38 Å². The van der Waals surface area contributed by atoms with E-state index in [9.17, 15) is 0 Å². The molecule has 0 saturated carbocycles. The molecule has 0 radical (unpaired) electrons. The van der Waals surface area contributed by atoms with E-state index in [1.54, 1.807) is 11.3 Å². The number of aryl methyl sites for hydroxylation is 1. The number of hydrogen-bond donors (Lipinski definition) is 0. The van der Waals surface area contributed by atoms with Crippen LogP contribution in [0, 0.1) is 0 Å². The van der Waals surface area contributed by atoms with Gasteiger partial charge in [-0.2, -0.15) is 0 Å². The Bertz CT molecular complexity index is 387. The van der Waals surface area contributed by atoms with Crippen LogP contribution in [0.5, 0.6) is 0 Å². The third-order valence-corrected chi connectivity index (χ3v) is 4.45. The minimum atomic E-state index is -0.318. The summed E-state index contributed by atoms with van der Waals surface area (Å²) in [4.78, 5) is 4.58. The van der Waals surface area contributed by atoms with Crippen LogP contribution in [-0.4, -0.2) is 23.3 Å². The van der Waals surface area contributed by atoms with Crippen LogP contribution in [0.4, 0.5) is 0 Å². The molecule has 17 heavy (non-hydrogen) atoms. The van der Waals surface area contributed by atoms with Gasteiger partial charge < -0.3 is 9.31 Å². The molecule has 0 amide bonds. The number of nitrogens with zero attached hydrogens (tertiary/aromatic N) is 1. The molecule has 1 fully saturated rings. The fourth-order valence-electron chi connectivity index (χ4n) is 1.73. The maximum absolute atomic E-state index is 5.96. The van der Waals surface area contributed by atoms with Gasteiger partial charge in [-0.15, -0.1) is 11.3 Å². The summed E-state index contributed by atoms with van der Waals surface area (Å²) in [5.41, 5.74) is 0.343. The number of thiazole rings is 1. The Morgan fingerprint density at radius 1 is 1.24 bits per heavy atom. The van der Waals surface area contributed by atoms with Crippen molar-refractivity contribution in [1.82, 2.24) is 4.98 Å². The minimum absolute atomic E-state index is 0.286. The predicted molar refractivity (Wildman–Crippen MR) is 71.8 cm³/mol. The first kappa shape index (κ1) is 13.1. The highest BCUT2D eigenvalue weighted by atomic mass is 32.1. The van der Waals surface area contributed by atoms with Crippen molar-refractivity contribution in [2.75, 3.05) is 0 Å². The van der Waals surface area contributed by atoms with Crippen LogP contribution < -0.4 is 5.59 Å². The highest BCUT2D eigenvalue weighted by Crippen LogP contribution is 2.36. The molecule has 0 aliphatic carbocycles. The van der Waals surface area contributed by atoms with Crippen molar-refractivity contribution < 1.29 is 9.31 Å². The quantitative estimate of drug-likeness (QED) is 0.775. The molecular formula is C12H20BNO2S. The van der Waals surface area contributed by atoms with Gasteiger partial charge in [0, 0.05) is 5.38 Å². The molecular weight excluding hydrogens is 233 g/mol. The summed E-state index contributed by atoms with van der Waals surface area (Å²) >= 11 is 1.69. The summed E-state index contributed by atoms with van der Waals surface area (Å²) in [5, 5.41) is 3.21. The van der Waals surface area contributed by atoms with Crippen molar-refractivity contribution in [3.05, 3.63) is 10.4 Å². The van der Waals surface area contributed by atoms with E-state index in [-0.39, 0.29) is 18.3 Å². The summed E-state index contributed by atoms with van der Waals surface area (Å²) in [7, 11) is -0.318. The molecule has 94 valence electrons. The Hall–Kier alpha value is -0.385. The van der Waals surface area contributed by atoms with E-state index in [1.807, 2.05) is 5.38 Å². The monoisotopic (exact) mass is 253 g/mol. The lowest BCUT2D eigenvalue weighted by Crippen LogP contribution is -2.41. The van der Waals surface area contributed by atoms with Gasteiger partial charge in [-0.05, 0) is 40.5 Å². The van der Waals surface area contributed by atoms with Gasteiger partial charge in [0.1, 0.15) is 0 Å². The lowest BCUT2D eigenvalue weighted by Gasteiger charge is -2.32. The zero-order valence-electron chi connectivity index (χ0n) is 11.2. The molecule has 1 aromatic heterocycles. The van der Waals surface area contributed by atoms with Gasteiger partial charge in [-0.25, -0.2) is 0 Å². The van der Waals surface area contributed by atoms with Gasteiger partial charge in [0.25, 0.3) is 0 Å². The Morgan fingerprint density at radius 3 is 2.35 bits per heavy atom. The SMILES string of the molecule is CCCc1nc(B2OC(C)(C)C(C)(C)O2)cs1. The normalized spacial score (nSPS) is 22.1. The molecule has 1 saturated heterocycles. The molecule has 0 N–H and O–H groups in total. The molecule has 0 bridgehead atoms. The Balaban J connectivity index is 2.14. The fraction of sp³-hybridized carbons (Fsp3) is 0.750. The molecule has 0 unspecified atom stereocenters. The van der Waals surface area contributed by atoms with Crippen LogP contribution in [0.3, 0.4) is 0 Å². The van der Waals surface area contributed by atoms with E-state index >= 15 is 0 Å². The minimum Gasteiger partial charge on any atom is -0.398 e. The van der Waals surface area contributed by atoms with E-state index in [2.05, 4.69) is 39.6 Å². The van der Waals surface area contributed by atoms with Crippen LogP contribution in [0.1, 0.15) is 46.0 Å². The lowest BCUT2D eigenvalue weighted by atomic mass is 9.86. The standard InChI is InChI=1S/C12H20BNO2S/c1-6-7-10-14-9(8-17-10)13-15-11(2,3)12(4,5)16-13/h8H,6-7H2,1-5H3. The van der Waals surface area contributed by atoms with Crippen molar-refractivity contribution in [3.63, 3.8) is 0 Å². The van der Waals surface area contributed by atoms with E-state index < -0.39 is 0 Å². The second-order valence-electron chi connectivity index (χ2n) is 5.50. The van der Waals surface area contributed by atoms with Crippen LogP contribution >= 0.6 is 11.3 Å². The second-order valence-corrected chi connectivity index (χ2v) is 6.45. The Labute approximate surface area is 108 Å². The second kappa shape index (κ2) is 4.37. The van der Waals surface area contributed by atoms with E-state index in [1.165, 1.54) is 0 Å².